The fourth-order valence-electron chi connectivity index (χ4n) is 2.69. The van der Waals surface area contributed by atoms with Crippen molar-refractivity contribution in [3.63, 3.8) is 0 Å². The molecule has 26 heavy (non-hydrogen) atoms. The highest BCUT2D eigenvalue weighted by Crippen LogP contribution is 2.40. The zero-order chi connectivity index (χ0) is 19.1. The number of esters is 1. The van der Waals surface area contributed by atoms with E-state index in [4.69, 9.17) is 9.47 Å². The highest BCUT2D eigenvalue weighted by molar-refractivity contribution is 7.90. The van der Waals surface area contributed by atoms with Crippen molar-refractivity contribution in [1.82, 2.24) is 4.98 Å². The molecule has 1 aliphatic heterocycles. The molecule has 2 heterocycles. The third-order valence-electron chi connectivity index (χ3n) is 3.86. The molecule has 0 atom stereocenters. The number of benzene rings is 1. The predicted molar refractivity (Wildman–Crippen MR) is 91.5 cm³/mol. The van der Waals surface area contributed by atoms with E-state index >= 15 is 0 Å². The van der Waals surface area contributed by atoms with E-state index in [-0.39, 0.29) is 16.5 Å². The van der Waals surface area contributed by atoms with Gasteiger partial charge in [0.2, 0.25) is 5.76 Å². The Labute approximate surface area is 150 Å². The fourth-order valence-corrected chi connectivity index (χ4v) is 3.32. The molecule has 0 fully saturated rings. The molecule has 2 aromatic rings. The highest BCUT2D eigenvalue weighted by Gasteiger charge is 2.43. The number of hydrogen-bond acceptors (Lipinski definition) is 6. The summed E-state index contributed by atoms with van der Waals surface area (Å²) in [5, 5.41) is 0. The minimum atomic E-state index is -3.36. The van der Waals surface area contributed by atoms with Crippen molar-refractivity contribution < 1.29 is 27.1 Å². The summed E-state index contributed by atoms with van der Waals surface area (Å²) in [5.74, 6) is -1.99. The van der Waals surface area contributed by atoms with Crippen molar-refractivity contribution in [3.8, 4) is 5.88 Å². The second kappa shape index (κ2) is 6.21. The summed E-state index contributed by atoms with van der Waals surface area (Å²) < 4.78 is 47.8. The largest absolute Gasteiger partial charge is 0.449 e. The van der Waals surface area contributed by atoms with Crippen LogP contribution in [0.2, 0.25) is 0 Å². The average molecular weight is 377 g/mol. The number of hydrogen-bond donors (Lipinski definition) is 0. The molecule has 1 aromatic heterocycles. The summed E-state index contributed by atoms with van der Waals surface area (Å²) in [7, 11) is -3.36. The van der Waals surface area contributed by atoms with E-state index in [0.717, 1.165) is 12.3 Å². The number of carbonyl (C=O) groups excluding carboxylic acids is 1. The summed E-state index contributed by atoms with van der Waals surface area (Å²) >= 11 is 0. The van der Waals surface area contributed by atoms with E-state index in [2.05, 4.69) is 4.98 Å². The van der Waals surface area contributed by atoms with Crippen LogP contribution < -0.4 is 4.74 Å². The maximum Gasteiger partial charge on any atom is 0.375 e. The number of ether oxygens (including phenoxy) is 2. The van der Waals surface area contributed by atoms with Crippen LogP contribution in [0.15, 0.2) is 53.2 Å². The van der Waals surface area contributed by atoms with E-state index in [1.807, 2.05) is 0 Å². The van der Waals surface area contributed by atoms with Crippen LogP contribution >= 0.6 is 0 Å². The number of aromatic nitrogens is 1. The standard InChI is InChI=1S/C18H16FNO5S/c1-18(2)14(11-6-8-12(9-7-11)26(3,22)23)15(17(21)25-18)24-16-13(19)5-4-10-20-16/h4-10H,1-3H3. The average Bonchev–Trinajstić information content (AvgIpc) is 2.77. The smallest absolute Gasteiger partial charge is 0.375 e. The van der Waals surface area contributed by atoms with Crippen molar-refractivity contribution in [3.05, 3.63) is 59.7 Å². The van der Waals surface area contributed by atoms with Crippen molar-refractivity contribution in [2.45, 2.75) is 24.3 Å². The Morgan fingerprint density at radius 1 is 1.15 bits per heavy atom. The minimum absolute atomic E-state index is 0.142. The first-order valence-corrected chi connectivity index (χ1v) is 9.56. The van der Waals surface area contributed by atoms with E-state index in [1.165, 1.54) is 24.4 Å². The lowest BCUT2D eigenvalue weighted by atomic mass is 9.92. The van der Waals surface area contributed by atoms with Gasteiger partial charge < -0.3 is 9.47 Å². The summed E-state index contributed by atoms with van der Waals surface area (Å²) in [6, 6.07) is 8.51. The number of sulfone groups is 1. The molecule has 0 spiro atoms. The van der Waals surface area contributed by atoms with Crippen LogP contribution in [0.5, 0.6) is 5.88 Å². The van der Waals surface area contributed by atoms with Gasteiger partial charge in [-0.1, -0.05) is 12.1 Å². The Morgan fingerprint density at radius 3 is 2.38 bits per heavy atom. The van der Waals surface area contributed by atoms with E-state index in [1.54, 1.807) is 26.0 Å². The van der Waals surface area contributed by atoms with Gasteiger partial charge in [-0.25, -0.2) is 22.6 Å². The number of cyclic esters (lactones) is 1. The van der Waals surface area contributed by atoms with Gasteiger partial charge in [-0.15, -0.1) is 0 Å². The topological polar surface area (TPSA) is 82.6 Å². The molecule has 0 amide bonds. The molecule has 8 heteroatoms. The molecule has 0 aliphatic carbocycles. The molecule has 0 unspecified atom stereocenters. The molecule has 3 rings (SSSR count). The second-order valence-corrected chi connectivity index (χ2v) is 8.31. The van der Waals surface area contributed by atoms with Crippen LogP contribution in [-0.2, 0) is 19.4 Å². The molecular weight excluding hydrogens is 361 g/mol. The summed E-state index contributed by atoms with van der Waals surface area (Å²) in [5.41, 5.74) is -0.128. The number of carbonyl (C=O) groups is 1. The lowest BCUT2D eigenvalue weighted by Crippen LogP contribution is -2.22. The van der Waals surface area contributed by atoms with Crippen molar-refractivity contribution in [1.29, 1.82) is 0 Å². The molecule has 0 N–H and O–H groups in total. The van der Waals surface area contributed by atoms with Gasteiger partial charge in [0, 0.05) is 12.5 Å². The normalized spacial score (nSPS) is 16.5. The fraction of sp³-hybridized carbons (Fsp3) is 0.222. The first-order valence-electron chi connectivity index (χ1n) is 7.66. The third kappa shape index (κ3) is 3.32. The Morgan fingerprint density at radius 2 is 1.81 bits per heavy atom. The Hall–Kier alpha value is -2.74. The van der Waals surface area contributed by atoms with Crippen molar-refractivity contribution in [2.75, 3.05) is 6.26 Å². The quantitative estimate of drug-likeness (QED) is 0.762. The van der Waals surface area contributed by atoms with Crippen LogP contribution in [0.3, 0.4) is 0 Å². The van der Waals surface area contributed by atoms with Crippen LogP contribution in [0, 0.1) is 5.82 Å². The lowest BCUT2D eigenvalue weighted by molar-refractivity contribution is -0.145. The van der Waals surface area contributed by atoms with Crippen molar-refractivity contribution in [2.24, 2.45) is 0 Å². The Balaban J connectivity index is 2.11. The maximum absolute atomic E-state index is 13.8. The van der Waals surface area contributed by atoms with Gasteiger partial charge in [-0.3, -0.25) is 0 Å². The van der Waals surface area contributed by atoms with Crippen LogP contribution in [0.25, 0.3) is 5.57 Å². The third-order valence-corrected chi connectivity index (χ3v) is 4.99. The highest BCUT2D eigenvalue weighted by atomic mass is 32.2. The first kappa shape index (κ1) is 18.1. The summed E-state index contributed by atoms with van der Waals surface area (Å²) in [6.07, 6.45) is 2.44. The molecule has 136 valence electrons. The SMILES string of the molecule is CC1(C)OC(=O)C(Oc2ncccc2F)=C1c1ccc(S(C)(=O)=O)cc1. The minimum Gasteiger partial charge on any atom is -0.449 e. The first-order chi connectivity index (χ1) is 12.1. The van der Waals surface area contributed by atoms with Gasteiger partial charge >= 0.3 is 5.97 Å². The number of nitrogens with zero attached hydrogens (tertiary/aromatic N) is 1. The van der Waals surface area contributed by atoms with E-state index in [9.17, 15) is 17.6 Å². The van der Waals surface area contributed by atoms with Gasteiger partial charge in [0.1, 0.15) is 5.60 Å². The molecule has 0 bridgehead atoms. The van der Waals surface area contributed by atoms with Gasteiger partial charge in [-0.05, 0) is 43.7 Å². The molecule has 0 radical (unpaired) electrons. The zero-order valence-corrected chi connectivity index (χ0v) is 15.1. The molecular formula is C18H16FNO5S. The summed E-state index contributed by atoms with van der Waals surface area (Å²) in [4.78, 5) is 16.2. The molecule has 6 nitrogen and oxygen atoms in total. The number of halogens is 1. The number of pyridine rings is 1. The molecule has 1 aliphatic rings. The van der Waals surface area contributed by atoms with Gasteiger partial charge in [0.25, 0.3) is 5.88 Å². The molecule has 0 saturated heterocycles. The van der Waals surface area contributed by atoms with Crippen LogP contribution in [0.4, 0.5) is 4.39 Å². The monoisotopic (exact) mass is 377 g/mol. The molecule has 0 saturated carbocycles. The van der Waals surface area contributed by atoms with Gasteiger partial charge in [0.05, 0.1) is 10.5 Å². The van der Waals surface area contributed by atoms with E-state index < -0.39 is 27.2 Å². The Bertz CT molecular complexity index is 1010. The number of rotatable bonds is 4. The van der Waals surface area contributed by atoms with Crippen LogP contribution in [0.1, 0.15) is 19.4 Å². The van der Waals surface area contributed by atoms with Gasteiger partial charge in [0.15, 0.2) is 15.7 Å². The summed E-state index contributed by atoms with van der Waals surface area (Å²) in [6.45, 7) is 3.33. The Kier molecular flexibility index (Phi) is 4.31. The van der Waals surface area contributed by atoms with Crippen molar-refractivity contribution >= 4 is 21.4 Å². The lowest BCUT2D eigenvalue weighted by Gasteiger charge is -2.21. The van der Waals surface area contributed by atoms with Gasteiger partial charge in [-0.2, -0.15) is 0 Å². The van der Waals surface area contributed by atoms with E-state index in [0.29, 0.717) is 11.1 Å². The zero-order valence-electron chi connectivity index (χ0n) is 14.3. The van der Waals surface area contributed by atoms with Crippen LogP contribution in [-0.4, -0.2) is 31.2 Å². The maximum atomic E-state index is 13.8. The second-order valence-electron chi connectivity index (χ2n) is 6.29. The molecule has 1 aromatic carbocycles. The predicted octanol–water partition coefficient (Wildman–Crippen LogP) is 2.75.